The van der Waals surface area contributed by atoms with E-state index in [0.29, 0.717) is 0 Å². The Morgan fingerprint density at radius 1 is 0.875 bits per heavy atom. The minimum Gasteiger partial charge on any atom is -0.398 e. The van der Waals surface area contributed by atoms with Crippen LogP contribution in [0.3, 0.4) is 0 Å². The first-order chi connectivity index (χ1) is 7.77. The fraction of sp³-hybridized carbons (Fsp3) is 0.0667. The van der Waals surface area contributed by atoms with E-state index in [2.05, 4.69) is 49.4 Å². The molecule has 0 spiro atoms. The summed E-state index contributed by atoms with van der Waals surface area (Å²) < 4.78 is 0. The second kappa shape index (κ2) is 3.24. The minimum absolute atomic E-state index is 0.855. The number of rotatable bonds is 0. The molecule has 0 saturated carbocycles. The summed E-state index contributed by atoms with van der Waals surface area (Å²) in [7, 11) is 0. The Balaban J connectivity index is 2.67. The normalized spacial score (nSPS) is 11.1. The van der Waals surface area contributed by atoms with Gasteiger partial charge in [-0.2, -0.15) is 0 Å². The van der Waals surface area contributed by atoms with E-state index in [1.165, 1.54) is 21.7 Å². The lowest BCUT2D eigenvalue weighted by molar-refractivity contribution is 1.54. The lowest BCUT2D eigenvalue weighted by Crippen LogP contribution is -1.89. The molecule has 1 heteroatoms. The van der Waals surface area contributed by atoms with Crippen molar-refractivity contribution in [2.24, 2.45) is 0 Å². The fourth-order valence-corrected chi connectivity index (χ4v) is 2.38. The van der Waals surface area contributed by atoms with Crippen LogP contribution >= 0.6 is 0 Å². The zero-order valence-electron chi connectivity index (χ0n) is 9.20. The molecular weight excluding hydrogens is 194 g/mol. The smallest absolute Gasteiger partial charge is 0.0400 e. The van der Waals surface area contributed by atoms with Crippen LogP contribution < -0.4 is 5.73 Å². The molecule has 0 aliphatic carbocycles. The fourth-order valence-electron chi connectivity index (χ4n) is 2.38. The van der Waals surface area contributed by atoms with Crippen molar-refractivity contribution in [2.45, 2.75) is 6.92 Å². The highest BCUT2D eigenvalue weighted by Crippen LogP contribution is 2.31. The van der Waals surface area contributed by atoms with Gasteiger partial charge in [0.2, 0.25) is 0 Å². The monoisotopic (exact) mass is 207 g/mol. The molecule has 0 bridgehead atoms. The molecule has 1 nitrogen and oxygen atoms in total. The van der Waals surface area contributed by atoms with E-state index in [0.717, 1.165) is 11.1 Å². The highest BCUT2D eigenvalue weighted by Gasteiger charge is 2.05. The molecule has 3 aromatic carbocycles. The Hall–Kier alpha value is -2.02. The van der Waals surface area contributed by atoms with Crippen LogP contribution in [0, 0.1) is 6.92 Å². The summed E-state index contributed by atoms with van der Waals surface area (Å²) in [5.74, 6) is 0. The molecule has 78 valence electrons. The summed E-state index contributed by atoms with van der Waals surface area (Å²) in [5, 5.41) is 4.92. The summed E-state index contributed by atoms with van der Waals surface area (Å²) >= 11 is 0. The molecule has 0 aliphatic heterocycles. The molecule has 2 N–H and O–H groups in total. The average Bonchev–Trinajstić information content (AvgIpc) is 2.29. The van der Waals surface area contributed by atoms with E-state index >= 15 is 0 Å². The van der Waals surface area contributed by atoms with Crippen molar-refractivity contribution in [3.05, 3.63) is 54.1 Å². The van der Waals surface area contributed by atoms with Crippen LogP contribution in [0.5, 0.6) is 0 Å². The molecule has 0 heterocycles. The van der Waals surface area contributed by atoms with Gasteiger partial charge in [0.05, 0.1) is 0 Å². The highest BCUT2D eigenvalue weighted by atomic mass is 14.5. The van der Waals surface area contributed by atoms with Crippen molar-refractivity contribution >= 4 is 27.2 Å². The average molecular weight is 207 g/mol. The van der Waals surface area contributed by atoms with Crippen molar-refractivity contribution in [2.75, 3.05) is 5.73 Å². The lowest BCUT2D eigenvalue weighted by Gasteiger charge is -2.09. The predicted octanol–water partition coefficient (Wildman–Crippen LogP) is 3.88. The van der Waals surface area contributed by atoms with Crippen LogP contribution in [-0.4, -0.2) is 0 Å². The first-order valence-electron chi connectivity index (χ1n) is 5.44. The SMILES string of the molecule is Cc1cccc2cc(N)c3ccccc3c12. The molecule has 0 aromatic heterocycles. The zero-order valence-corrected chi connectivity index (χ0v) is 9.20. The second-order valence-corrected chi connectivity index (χ2v) is 4.18. The highest BCUT2D eigenvalue weighted by molar-refractivity contribution is 6.13. The van der Waals surface area contributed by atoms with Crippen LogP contribution in [0.4, 0.5) is 5.69 Å². The van der Waals surface area contributed by atoms with E-state index < -0.39 is 0 Å². The number of nitrogens with two attached hydrogens (primary N) is 1. The number of fused-ring (bicyclic) bond motifs is 3. The van der Waals surface area contributed by atoms with Crippen LogP contribution in [0.25, 0.3) is 21.5 Å². The summed E-state index contributed by atoms with van der Waals surface area (Å²) in [4.78, 5) is 0. The second-order valence-electron chi connectivity index (χ2n) is 4.18. The number of anilines is 1. The molecule has 16 heavy (non-hydrogen) atoms. The first-order valence-corrected chi connectivity index (χ1v) is 5.44. The Bertz CT molecular complexity index is 683. The van der Waals surface area contributed by atoms with Gasteiger partial charge in [-0.1, -0.05) is 42.5 Å². The Kier molecular flexibility index (Phi) is 1.87. The molecule has 0 fully saturated rings. The first kappa shape index (κ1) is 9.22. The molecule has 0 unspecified atom stereocenters. The van der Waals surface area contributed by atoms with E-state index in [1.54, 1.807) is 0 Å². The molecule has 0 aliphatic rings. The maximum atomic E-state index is 6.07. The van der Waals surface area contributed by atoms with Crippen molar-refractivity contribution < 1.29 is 0 Å². The predicted molar refractivity (Wildman–Crippen MR) is 70.6 cm³/mol. The minimum atomic E-state index is 0.855. The van der Waals surface area contributed by atoms with Gasteiger partial charge in [0.25, 0.3) is 0 Å². The van der Waals surface area contributed by atoms with Gasteiger partial charge in [-0.05, 0) is 34.7 Å². The van der Waals surface area contributed by atoms with E-state index in [4.69, 9.17) is 5.73 Å². The number of hydrogen-bond acceptors (Lipinski definition) is 1. The van der Waals surface area contributed by atoms with E-state index in [9.17, 15) is 0 Å². The van der Waals surface area contributed by atoms with E-state index in [1.807, 2.05) is 6.07 Å². The third-order valence-electron chi connectivity index (χ3n) is 3.12. The maximum absolute atomic E-state index is 6.07. The molecule has 0 atom stereocenters. The third-order valence-corrected chi connectivity index (χ3v) is 3.12. The third kappa shape index (κ3) is 1.18. The lowest BCUT2D eigenvalue weighted by atomic mass is 9.97. The van der Waals surface area contributed by atoms with Gasteiger partial charge < -0.3 is 5.73 Å². The molecule has 0 amide bonds. The number of aryl methyl sites for hydroxylation is 1. The molecule has 0 radical (unpaired) electrons. The van der Waals surface area contributed by atoms with Crippen molar-refractivity contribution in [3.63, 3.8) is 0 Å². The molecule has 3 rings (SSSR count). The largest absolute Gasteiger partial charge is 0.398 e. The van der Waals surface area contributed by atoms with Crippen LogP contribution in [0.2, 0.25) is 0 Å². The molecular formula is C15H13N. The van der Waals surface area contributed by atoms with Gasteiger partial charge in [-0.15, -0.1) is 0 Å². The van der Waals surface area contributed by atoms with Crippen LogP contribution in [0.1, 0.15) is 5.56 Å². The number of nitrogen functional groups attached to an aromatic ring is 1. The van der Waals surface area contributed by atoms with Gasteiger partial charge in [-0.3, -0.25) is 0 Å². The van der Waals surface area contributed by atoms with Gasteiger partial charge >= 0.3 is 0 Å². The quantitative estimate of drug-likeness (QED) is 0.439. The summed E-state index contributed by atoms with van der Waals surface area (Å²) in [6.45, 7) is 2.14. The summed E-state index contributed by atoms with van der Waals surface area (Å²) in [6, 6.07) is 16.7. The van der Waals surface area contributed by atoms with Gasteiger partial charge in [-0.25, -0.2) is 0 Å². The standard InChI is InChI=1S/C15H13N/c1-10-5-4-6-11-9-14(16)12-7-2-3-8-13(12)15(10)11/h2-9H,16H2,1H3. The zero-order chi connectivity index (χ0) is 11.1. The van der Waals surface area contributed by atoms with Gasteiger partial charge in [0, 0.05) is 11.1 Å². The van der Waals surface area contributed by atoms with Crippen molar-refractivity contribution in [3.8, 4) is 0 Å². The van der Waals surface area contributed by atoms with E-state index in [-0.39, 0.29) is 0 Å². The molecule has 3 aromatic rings. The summed E-state index contributed by atoms with van der Waals surface area (Å²) in [5.41, 5.74) is 8.23. The van der Waals surface area contributed by atoms with Gasteiger partial charge in [0.1, 0.15) is 0 Å². The maximum Gasteiger partial charge on any atom is 0.0400 e. The Morgan fingerprint density at radius 3 is 2.44 bits per heavy atom. The number of benzene rings is 3. The topological polar surface area (TPSA) is 26.0 Å². The summed E-state index contributed by atoms with van der Waals surface area (Å²) in [6.07, 6.45) is 0. The Labute approximate surface area is 94.5 Å². The van der Waals surface area contributed by atoms with Crippen molar-refractivity contribution in [1.29, 1.82) is 0 Å². The van der Waals surface area contributed by atoms with Crippen LogP contribution in [0.15, 0.2) is 48.5 Å². The number of hydrogen-bond donors (Lipinski definition) is 1. The Morgan fingerprint density at radius 2 is 1.62 bits per heavy atom. The van der Waals surface area contributed by atoms with Gasteiger partial charge in [0.15, 0.2) is 0 Å². The van der Waals surface area contributed by atoms with Crippen molar-refractivity contribution in [1.82, 2.24) is 0 Å². The molecule has 0 saturated heterocycles. The van der Waals surface area contributed by atoms with Crippen LogP contribution in [-0.2, 0) is 0 Å².